The number of carbonyl (C=O) groups excluding carboxylic acids is 1. The van der Waals surface area contributed by atoms with Gasteiger partial charge in [0, 0.05) is 44.6 Å². The summed E-state index contributed by atoms with van der Waals surface area (Å²) in [5.41, 5.74) is 1.09. The number of hydrogen-bond acceptors (Lipinski definition) is 6. The Kier molecular flexibility index (Phi) is 4.65. The second-order valence-corrected chi connectivity index (χ2v) is 6.60. The third kappa shape index (κ3) is 3.24. The molecule has 0 bridgehead atoms. The molecule has 0 radical (unpaired) electrons. The Morgan fingerprint density at radius 2 is 2.00 bits per heavy atom. The van der Waals surface area contributed by atoms with E-state index in [1.807, 2.05) is 4.90 Å². The molecule has 4 heterocycles. The molecule has 2 atom stereocenters. The van der Waals surface area contributed by atoms with Gasteiger partial charge in [-0.2, -0.15) is 5.10 Å². The number of hydrogen-bond donors (Lipinski definition) is 1. The van der Waals surface area contributed by atoms with Crippen molar-refractivity contribution in [2.75, 3.05) is 39.4 Å². The number of morpholine rings is 1. The Hall–Kier alpha value is -2.03. The van der Waals surface area contributed by atoms with Gasteiger partial charge in [0.1, 0.15) is 5.56 Å². The summed E-state index contributed by atoms with van der Waals surface area (Å²) in [4.78, 5) is 21.3. The molecule has 25 heavy (non-hydrogen) atoms. The highest BCUT2D eigenvalue weighted by molar-refractivity contribution is 5.99. The Morgan fingerprint density at radius 1 is 1.20 bits per heavy atom. The largest absolute Gasteiger partial charge is 0.391 e. The third-order valence-electron chi connectivity index (χ3n) is 5.15. The molecular weight excluding hydrogens is 322 g/mol. The average molecular weight is 345 g/mol. The molecule has 8 heteroatoms. The maximum absolute atomic E-state index is 12.9. The van der Waals surface area contributed by atoms with Gasteiger partial charge < -0.3 is 14.7 Å². The van der Waals surface area contributed by atoms with Crippen LogP contribution in [0.2, 0.25) is 0 Å². The van der Waals surface area contributed by atoms with Gasteiger partial charge in [-0.1, -0.05) is 0 Å². The molecular formula is C17H23N5O3. The fourth-order valence-corrected chi connectivity index (χ4v) is 3.76. The van der Waals surface area contributed by atoms with Crippen molar-refractivity contribution in [3.05, 3.63) is 30.2 Å². The molecule has 0 aliphatic carbocycles. The van der Waals surface area contributed by atoms with E-state index >= 15 is 0 Å². The number of nitrogens with zero attached hydrogens (tertiary/aromatic N) is 5. The van der Waals surface area contributed by atoms with Gasteiger partial charge >= 0.3 is 0 Å². The number of ether oxygens (including phenoxy) is 1. The molecule has 1 N–H and O–H groups in total. The van der Waals surface area contributed by atoms with E-state index in [1.54, 1.807) is 29.2 Å². The summed E-state index contributed by atoms with van der Waals surface area (Å²) in [6.45, 7) is 4.27. The van der Waals surface area contributed by atoms with Crippen molar-refractivity contribution in [1.82, 2.24) is 24.4 Å². The van der Waals surface area contributed by atoms with Crippen molar-refractivity contribution in [1.29, 1.82) is 0 Å². The summed E-state index contributed by atoms with van der Waals surface area (Å²) in [6, 6.07) is 1.87. The zero-order chi connectivity index (χ0) is 17.2. The minimum absolute atomic E-state index is 0.0662. The summed E-state index contributed by atoms with van der Waals surface area (Å²) in [7, 11) is 0. The van der Waals surface area contributed by atoms with Gasteiger partial charge in [0.05, 0.1) is 25.5 Å². The number of aliphatic hydroxyl groups is 1. The number of fused-ring (bicyclic) bond motifs is 1. The molecule has 0 aromatic carbocycles. The second-order valence-electron chi connectivity index (χ2n) is 6.60. The van der Waals surface area contributed by atoms with Crippen LogP contribution in [0.5, 0.6) is 0 Å². The lowest BCUT2D eigenvalue weighted by molar-refractivity contribution is -0.0222. The van der Waals surface area contributed by atoms with E-state index in [9.17, 15) is 9.90 Å². The predicted molar refractivity (Wildman–Crippen MR) is 90.3 cm³/mol. The summed E-state index contributed by atoms with van der Waals surface area (Å²) in [6.07, 6.45) is 5.94. The first-order chi connectivity index (χ1) is 12.2. The van der Waals surface area contributed by atoms with Gasteiger partial charge in [-0.05, 0) is 18.9 Å². The van der Waals surface area contributed by atoms with Crippen LogP contribution in [0, 0.1) is 0 Å². The summed E-state index contributed by atoms with van der Waals surface area (Å²) >= 11 is 0. The van der Waals surface area contributed by atoms with Crippen LogP contribution in [0.15, 0.2) is 24.7 Å². The van der Waals surface area contributed by atoms with Gasteiger partial charge in [-0.25, -0.2) is 9.50 Å². The highest BCUT2D eigenvalue weighted by Crippen LogP contribution is 2.21. The molecule has 134 valence electrons. The van der Waals surface area contributed by atoms with E-state index in [2.05, 4.69) is 15.0 Å². The predicted octanol–water partition coefficient (Wildman–Crippen LogP) is 0.0270. The summed E-state index contributed by atoms with van der Waals surface area (Å²) in [5, 5.41) is 14.8. The normalized spacial score (nSPS) is 25.9. The molecule has 0 spiro atoms. The van der Waals surface area contributed by atoms with E-state index < -0.39 is 6.10 Å². The molecule has 4 rings (SSSR count). The minimum atomic E-state index is -0.419. The van der Waals surface area contributed by atoms with Crippen LogP contribution in [0.3, 0.4) is 0 Å². The van der Waals surface area contributed by atoms with E-state index in [0.717, 1.165) is 19.5 Å². The lowest BCUT2D eigenvalue weighted by Crippen LogP contribution is -2.49. The van der Waals surface area contributed by atoms with Crippen LogP contribution >= 0.6 is 0 Å². The third-order valence-corrected chi connectivity index (χ3v) is 5.15. The quantitative estimate of drug-likeness (QED) is 0.827. The molecule has 0 unspecified atom stereocenters. The molecule has 2 aromatic heterocycles. The highest BCUT2D eigenvalue weighted by atomic mass is 16.5. The van der Waals surface area contributed by atoms with Crippen LogP contribution in [0.25, 0.3) is 5.65 Å². The summed E-state index contributed by atoms with van der Waals surface area (Å²) in [5.74, 6) is -0.0662. The van der Waals surface area contributed by atoms with Crippen molar-refractivity contribution in [2.24, 2.45) is 0 Å². The fraction of sp³-hybridized carbons (Fsp3) is 0.588. The summed E-state index contributed by atoms with van der Waals surface area (Å²) < 4.78 is 7.01. The monoisotopic (exact) mass is 345 g/mol. The smallest absolute Gasteiger partial charge is 0.259 e. The van der Waals surface area contributed by atoms with Gasteiger partial charge in [0.25, 0.3) is 5.91 Å². The fourth-order valence-electron chi connectivity index (χ4n) is 3.76. The number of likely N-dealkylation sites (tertiary alicyclic amines) is 1. The zero-order valence-electron chi connectivity index (χ0n) is 14.1. The van der Waals surface area contributed by atoms with Gasteiger partial charge in [-0.3, -0.25) is 9.69 Å². The van der Waals surface area contributed by atoms with Crippen molar-refractivity contribution >= 4 is 11.6 Å². The molecule has 8 nitrogen and oxygen atoms in total. The molecule has 0 saturated carbocycles. The second kappa shape index (κ2) is 7.07. The molecule has 1 amide bonds. The molecule has 2 aromatic rings. The molecule has 2 fully saturated rings. The Bertz CT molecular complexity index is 743. The van der Waals surface area contributed by atoms with E-state index in [-0.39, 0.29) is 11.9 Å². The van der Waals surface area contributed by atoms with Crippen LogP contribution in [0.1, 0.15) is 23.2 Å². The SMILES string of the molecule is O=C(c1cnn2cccnc12)N1CC[C@H](O)[C@@H](N2CCOCC2)CC1. The number of rotatable bonds is 2. The number of aliphatic hydroxyl groups excluding tert-OH is 1. The molecule has 2 aliphatic heterocycles. The number of amides is 1. The van der Waals surface area contributed by atoms with E-state index in [0.29, 0.717) is 43.9 Å². The average Bonchev–Trinajstić information content (AvgIpc) is 2.99. The Balaban J connectivity index is 1.49. The maximum atomic E-state index is 12.9. The highest BCUT2D eigenvalue weighted by Gasteiger charge is 2.32. The Morgan fingerprint density at radius 3 is 2.84 bits per heavy atom. The van der Waals surface area contributed by atoms with E-state index in [1.165, 1.54) is 0 Å². The number of carbonyl (C=O) groups is 1. The first-order valence-corrected chi connectivity index (χ1v) is 8.81. The van der Waals surface area contributed by atoms with Crippen molar-refractivity contribution in [3.8, 4) is 0 Å². The van der Waals surface area contributed by atoms with Crippen LogP contribution in [0.4, 0.5) is 0 Å². The topological polar surface area (TPSA) is 83.2 Å². The zero-order valence-corrected chi connectivity index (χ0v) is 14.1. The first-order valence-electron chi connectivity index (χ1n) is 8.81. The van der Waals surface area contributed by atoms with Crippen LogP contribution < -0.4 is 0 Å². The van der Waals surface area contributed by atoms with Crippen molar-refractivity contribution in [3.63, 3.8) is 0 Å². The van der Waals surface area contributed by atoms with Gasteiger partial charge in [-0.15, -0.1) is 0 Å². The van der Waals surface area contributed by atoms with Crippen molar-refractivity contribution < 1.29 is 14.6 Å². The van der Waals surface area contributed by atoms with Crippen LogP contribution in [-0.4, -0.2) is 87.0 Å². The Labute approximate surface area is 146 Å². The first kappa shape index (κ1) is 16.4. The van der Waals surface area contributed by atoms with Crippen LogP contribution in [-0.2, 0) is 4.74 Å². The lowest BCUT2D eigenvalue weighted by atomic mass is 10.0. The van der Waals surface area contributed by atoms with Crippen molar-refractivity contribution in [2.45, 2.75) is 25.0 Å². The standard InChI is InChI=1S/C17H23N5O3/c23-15-3-7-21(6-2-14(15)20-8-10-25-11-9-20)17(24)13-12-19-22-5-1-4-18-16(13)22/h1,4-5,12,14-15,23H,2-3,6-11H2/t14-,15-/m0/s1. The van der Waals surface area contributed by atoms with Gasteiger partial charge in [0.2, 0.25) is 0 Å². The lowest BCUT2D eigenvalue weighted by Gasteiger charge is -2.36. The van der Waals surface area contributed by atoms with Gasteiger partial charge in [0.15, 0.2) is 5.65 Å². The molecule has 2 aliphatic rings. The number of aromatic nitrogens is 3. The maximum Gasteiger partial charge on any atom is 0.259 e. The molecule has 2 saturated heterocycles. The van der Waals surface area contributed by atoms with E-state index in [4.69, 9.17) is 4.74 Å². The minimum Gasteiger partial charge on any atom is -0.391 e.